The van der Waals surface area contributed by atoms with E-state index in [1.165, 1.54) is 16.2 Å². The average Bonchev–Trinajstić information content (AvgIpc) is 3.32. The molecule has 2 aliphatic rings. The number of nitrogens with zero attached hydrogens (tertiary/aromatic N) is 3. The first-order chi connectivity index (χ1) is 13.9. The number of halogens is 1. The minimum absolute atomic E-state index is 0.0388. The maximum absolute atomic E-state index is 13.1. The molecule has 0 saturated carbocycles. The molecule has 1 aromatic carbocycles. The van der Waals surface area contributed by atoms with E-state index in [1.54, 1.807) is 6.92 Å². The number of rotatable bonds is 4. The standard InChI is InChI=1S/C20H21BrN4O3S/c1-20(14-4-2-5-15(21)12-14)18(27)25(19(28)22-20)13-23-7-9-24(10-8-23)17(26)16-6-3-11-29-16/h2-6,11-12H,7-10,13H2,1H3,(H,22,28)/t20-/m0/s1. The van der Waals surface area contributed by atoms with Gasteiger partial charge < -0.3 is 10.2 Å². The molecular formula is C20H21BrN4O3S. The van der Waals surface area contributed by atoms with Crippen molar-refractivity contribution in [3.63, 3.8) is 0 Å². The van der Waals surface area contributed by atoms with E-state index in [1.807, 2.05) is 51.6 Å². The minimum atomic E-state index is -1.09. The molecule has 4 rings (SSSR count). The molecule has 7 nitrogen and oxygen atoms in total. The molecule has 29 heavy (non-hydrogen) atoms. The number of benzene rings is 1. The second kappa shape index (κ2) is 7.89. The maximum Gasteiger partial charge on any atom is 0.326 e. The number of piperazine rings is 1. The summed E-state index contributed by atoms with van der Waals surface area (Å²) in [4.78, 5) is 44.0. The van der Waals surface area contributed by atoms with E-state index in [9.17, 15) is 14.4 Å². The van der Waals surface area contributed by atoms with Gasteiger partial charge in [-0.15, -0.1) is 11.3 Å². The molecule has 1 atom stereocenters. The van der Waals surface area contributed by atoms with Crippen molar-refractivity contribution in [2.75, 3.05) is 32.8 Å². The SMILES string of the molecule is C[C@@]1(c2cccc(Br)c2)NC(=O)N(CN2CCN(C(=O)c3cccs3)CC2)C1=O. The molecule has 152 valence electrons. The Kier molecular flexibility index (Phi) is 5.46. The summed E-state index contributed by atoms with van der Waals surface area (Å²) in [6.45, 7) is 4.32. The second-order valence-corrected chi connectivity index (χ2v) is 9.19. The number of amides is 4. The molecule has 0 radical (unpaired) electrons. The van der Waals surface area contributed by atoms with Crippen molar-refractivity contribution >= 4 is 45.1 Å². The molecular weight excluding hydrogens is 456 g/mol. The maximum atomic E-state index is 13.1. The summed E-state index contributed by atoms with van der Waals surface area (Å²) in [6.07, 6.45) is 0. The Morgan fingerprint density at radius 2 is 1.93 bits per heavy atom. The van der Waals surface area contributed by atoms with Gasteiger partial charge in [-0.25, -0.2) is 9.69 Å². The fraction of sp³-hybridized carbons (Fsp3) is 0.350. The molecule has 2 saturated heterocycles. The quantitative estimate of drug-likeness (QED) is 0.688. The van der Waals surface area contributed by atoms with Gasteiger partial charge in [0.05, 0.1) is 11.5 Å². The Morgan fingerprint density at radius 3 is 2.59 bits per heavy atom. The summed E-state index contributed by atoms with van der Waals surface area (Å²) in [7, 11) is 0. The van der Waals surface area contributed by atoms with Gasteiger partial charge in [-0.1, -0.05) is 34.1 Å². The van der Waals surface area contributed by atoms with E-state index in [-0.39, 0.29) is 18.5 Å². The average molecular weight is 477 g/mol. The topological polar surface area (TPSA) is 73.0 Å². The molecule has 2 fully saturated rings. The van der Waals surface area contributed by atoms with Crippen LogP contribution in [-0.2, 0) is 10.3 Å². The molecule has 1 aromatic heterocycles. The largest absolute Gasteiger partial charge is 0.335 e. The lowest BCUT2D eigenvalue weighted by Gasteiger charge is -2.35. The normalized spacial score (nSPS) is 22.8. The predicted molar refractivity (Wildman–Crippen MR) is 114 cm³/mol. The van der Waals surface area contributed by atoms with Gasteiger partial charge in [-0.05, 0) is 36.1 Å². The third-order valence-corrected chi connectivity index (χ3v) is 6.76. The first kappa shape index (κ1) is 20.1. The predicted octanol–water partition coefficient (Wildman–Crippen LogP) is 2.69. The Hall–Kier alpha value is -2.23. The summed E-state index contributed by atoms with van der Waals surface area (Å²) in [5.41, 5.74) is -0.350. The summed E-state index contributed by atoms with van der Waals surface area (Å²) < 4.78 is 0.850. The van der Waals surface area contributed by atoms with E-state index < -0.39 is 11.6 Å². The molecule has 2 aliphatic heterocycles. The van der Waals surface area contributed by atoms with Crippen LogP contribution in [0.5, 0.6) is 0 Å². The summed E-state index contributed by atoms with van der Waals surface area (Å²) in [5.74, 6) is -0.227. The molecule has 0 aliphatic carbocycles. The van der Waals surface area contributed by atoms with Crippen LogP contribution in [-0.4, -0.2) is 65.4 Å². The fourth-order valence-electron chi connectivity index (χ4n) is 3.67. The van der Waals surface area contributed by atoms with Crippen molar-refractivity contribution in [1.82, 2.24) is 20.0 Å². The Balaban J connectivity index is 1.40. The monoisotopic (exact) mass is 476 g/mol. The number of carbonyl (C=O) groups is 3. The van der Waals surface area contributed by atoms with Crippen molar-refractivity contribution in [2.45, 2.75) is 12.5 Å². The van der Waals surface area contributed by atoms with Gasteiger partial charge in [0.15, 0.2) is 0 Å². The number of carbonyl (C=O) groups excluding carboxylic acids is 3. The number of hydrogen-bond donors (Lipinski definition) is 1. The van der Waals surface area contributed by atoms with Crippen LogP contribution in [0, 0.1) is 0 Å². The molecule has 4 amide bonds. The fourth-order valence-corrected chi connectivity index (χ4v) is 4.76. The number of hydrogen-bond acceptors (Lipinski definition) is 5. The highest BCUT2D eigenvalue weighted by Gasteiger charge is 2.49. The Morgan fingerprint density at radius 1 is 1.17 bits per heavy atom. The molecule has 0 unspecified atom stereocenters. The molecule has 3 heterocycles. The number of nitrogens with one attached hydrogen (secondary N) is 1. The van der Waals surface area contributed by atoms with Gasteiger partial charge in [0.25, 0.3) is 11.8 Å². The van der Waals surface area contributed by atoms with Crippen molar-refractivity contribution in [3.8, 4) is 0 Å². The van der Waals surface area contributed by atoms with Gasteiger partial charge in [-0.2, -0.15) is 0 Å². The van der Waals surface area contributed by atoms with Crippen molar-refractivity contribution in [1.29, 1.82) is 0 Å². The third-order valence-electron chi connectivity index (χ3n) is 5.41. The van der Waals surface area contributed by atoms with Gasteiger partial charge in [0, 0.05) is 30.7 Å². The molecule has 2 aromatic rings. The van der Waals surface area contributed by atoms with Crippen LogP contribution in [0.1, 0.15) is 22.2 Å². The number of urea groups is 1. The van der Waals surface area contributed by atoms with Gasteiger partial charge >= 0.3 is 6.03 Å². The van der Waals surface area contributed by atoms with Crippen LogP contribution in [0.15, 0.2) is 46.3 Å². The van der Waals surface area contributed by atoms with E-state index in [0.717, 1.165) is 14.9 Å². The van der Waals surface area contributed by atoms with Crippen molar-refractivity contribution < 1.29 is 14.4 Å². The highest BCUT2D eigenvalue weighted by Crippen LogP contribution is 2.30. The smallest absolute Gasteiger partial charge is 0.326 e. The highest BCUT2D eigenvalue weighted by molar-refractivity contribution is 9.10. The first-order valence-corrected chi connectivity index (χ1v) is 11.0. The Labute approximate surface area is 181 Å². The van der Waals surface area contributed by atoms with Crippen LogP contribution in [0.4, 0.5) is 4.79 Å². The van der Waals surface area contributed by atoms with Crippen LogP contribution in [0.3, 0.4) is 0 Å². The van der Waals surface area contributed by atoms with Crippen LogP contribution in [0.2, 0.25) is 0 Å². The van der Waals surface area contributed by atoms with Crippen LogP contribution >= 0.6 is 27.3 Å². The highest BCUT2D eigenvalue weighted by atomic mass is 79.9. The van der Waals surface area contributed by atoms with Crippen LogP contribution < -0.4 is 5.32 Å². The van der Waals surface area contributed by atoms with Crippen LogP contribution in [0.25, 0.3) is 0 Å². The molecule has 9 heteroatoms. The van der Waals surface area contributed by atoms with Gasteiger partial charge in [-0.3, -0.25) is 14.5 Å². The van der Waals surface area contributed by atoms with Gasteiger partial charge in [0.1, 0.15) is 5.54 Å². The molecule has 0 spiro atoms. The first-order valence-electron chi connectivity index (χ1n) is 9.34. The van der Waals surface area contributed by atoms with E-state index in [0.29, 0.717) is 26.2 Å². The lowest BCUT2D eigenvalue weighted by Crippen LogP contribution is -2.52. The lowest BCUT2D eigenvalue weighted by atomic mass is 9.92. The number of imide groups is 1. The third kappa shape index (κ3) is 3.82. The van der Waals surface area contributed by atoms with Gasteiger partial charge in [0.2, 0.25) is 0 Å². The molecule has 0 bridgehead atoms. The van der Waals surface area contributed by atoms with E-state index in [2.05, 4.69) is 21.2 Å². The lowest BCUT2D eigenvalue weighted by molar-refractivity contribution is -0.132. The second-order valence-electron chi connectivity index (χ2n) is 7.33. The van der Waals surface area contributed by atoms with Crippen molar-refractivity contribution in [3.05, 3.63) is 56.7 Å². The molecule has 1 N–H and O–H groups in total. The zero-order valence-electron chi connectivity index (χ0n) is 15.9. The van der Waals surface area contributed by atoms with Crippen molar-refractivity contribution in [2.24, 2.45) is 0 Å². The van der Waals surface area contributed by atoms with E-state index in [4.69, 9.17) is 0 Å². The minimum Gasteiger partial charge on any atom is -0.335 e. The number of thiophene rings is 1. The zero-order chi connectivity index (χ0) is 20.6. The van der Waals surface area contributed by atoms with E-state index >= 15 is 0 Å². The zero-order valence-corrected chi connectivity index (χ0v) is 18.3. The summed E-state index contributed by atoms with van der Waals surface area (Å²) in [6, 6.07) is 10.7. The summed E-state index contributed by atoms with van der Waals surface area (Å²) >= 11 is 4.85. The Bertz CT molecular complexity index is 943. The summed E-state index contributed by atoms with van der Waals surface area (Å²) in [5, 5.41) is 4.73.